The highest BCUT2D eigenvalue weighted by molar-refractivity contribution is 6.62. The topological polar surface area (TPSA) is 77.1 Å². The van der Waals surface area contributed by atoms with Gasteiger partial charge in [0.25, 0.3) is 0 Å². The average Bonchev–Trinajstić information content (AvgIpc) is 3.05. The third kappa shape index (κ3) is 5.45. The highest BCUT2D eigenvalue weighted by Gasteiger charge is 2.51. The Hall–Kier alpha value is -2.84. The molecule has 2 aliphatic rings. The Balaban J connectivity index is 1.27. The Labute approximate surface area is 201 Å². The second-order valence-electron chi connectivity index (χ2n) is 10.0. The maximum atomic E-state index is 12.9. The Morgan fingerprint density at radius 1 is 1.00 bits per heavy atom. The standard InChI is InChI=1S/C26H33BN2O5/c1-25(2)26(3,4)34-27(33-25)21-11-8-12-22(17-21)28-23(30)20-13-15-29(16-14-20)24(31)32-18-19-9-6-5-7-10-19/h5-12,17,20H,13-16,18H2,1-4H3,(H,28,30). The van der Waals surface area contributed by atoms with E-state index in [0.717, 1.165) is 11.0 Å². The van der Waals surface area contributed by atoms with Crippen molar-refractivity contribution in [3.63, 3.8) is 0 Å². The van der Waals surface area contributed by atoms with E-state index >= 15 is 0 Å². The summed E-state index contributed by atoms with van der Waals surface area (Å²) >= 11 is 0. The summed E-state index contributed by atoms with van der Waals surface area (Å²) in [5, 5.41) is 3.02. The maximum Gasteiger partial charge on any atom is 0.494 e. The van der Waals surface area contributed by atoms with Gasteiger partial charge in [0.2, 0.25) is 5.91 Å². The number of rotatable bonds is 5. The van der Waals surface area contributed by atoms with E-state index < -0.39 is 18.3 Å². The van der Waals surface area contributed by atoms with Crippen LogP contribution in [-0.4, -0.2) is 48.3 Å². The fourth-order valence-corrected chi connectivity index (χ4v) is 4.12. The minimum absolute atomic E-state index is 0.0385. The van der Waals surface area contributed by atoms with Gasteiger partial charge in [0.1, 0.15) is 6.61 Å². The second-order valence-corrected chi connectivity index (χ2v) is 10.0. The number of anilines is 1. The van der Waals surface area contributed by atoms with Crippen molar-refractivity contribution in [1.82, 2.24) is 4.90 Å². The number of likely N-dealkylation sites (tertiary alicyclic amines) is 1. The van der Waals surface area contributed by atoms with E-state index in [1.165, 1.54) is 0 Å². The molecule has 8 heteroatoms. The Kier molecular flexibility index (Phi) is 7.00. The fourth-order valence-electron chi connectivity index (χ4n) is 4.12. The first-order chi connectivity index (χ1) is 16.1. The Bertz CT molecular complexity index is 1000. The van der Waals surface area contributed by atoms with Crippen LogP contribution in [0.1, 0.15) is 46.1 Å². The van der Waals surface area contributed by atoms with Crippen LogP contribution >= 0.6 is 0 Å². The van der Waals surface area contributed by atoms with Crippen molar-refractivity contribution in [3.05, 3.63) is 60.2 Å². The largest absolute Gasteiger partial charge is 0.494 e. The van der Waals surface area contributed by atoms with Gasteiger partial charge in [0.15, 0.2) is 0 Å². The molecule has 0 bridgehead atoms. The lowest BCUT2D eigenvalue weighted by Crippen LogP contribution is -2.41. The van der Waals surface area contributed by atoms with E-state index in [0.29, 0.717) is 31.6 Å². The van der Waals surface area contributed by atoms with Gasteiger partial charge < -0.3 is 24.3 Å². The minimum Gasteiger partial charge on any atom is -0.445 e. The predicted molar refractivity (Wildman–Crippen MR) is 132 cm³/mol. The summed E-state index contributed by atoms with van der Waals surface area (Å²) in [7, 11) is -0.480. The molecule has 2 aromatic carbocycles. The summed E-state index contributed by atoms with van der Waals surface area (Å²) in [4.78, 5) is 26.9. The monoisotopic (exact) mass is 464 g/mol. The first kappa shape index (κ1) is 24.3. The summed E-state index contributed by atoms with van der Waals surface area (Å²) < 4.78 is 17.7. The SMILES string of the molecule is CC1(C)OB(c2cccc(NC(=O)C3CCN(C(=O)OCc4ccccc4)CC3)c2)OC1(C)C. The van der Waals surface area contributed by atoms with Gasteiger partial charge >= 0.3 is 13.2 Å². The van der Waals surface area contributed by atoms with E-state index in [1.807, 2.05) is 82.3 Å². The van der Waals surface area contributed by atoms with Crippen LogP contribution < -0.4 is 10.8 Å². The van der Waals surface area contributed by atoms with Crippen LogP contribution in [0.5, 0.6) is 0 Å². The molecule has 4 rings (SSSR count). The number of amides is 2. The predicted octanol–water partition coefficient (Wildman–Crippen LogP) is 3.97. The molecule has 0 radical (unpaired) electrons. The smallest absolute Gasteiger partial charge is 0.445 e. The molecule has 34 heavy (non-hydrogen) atoms. The zero-order chi connectivity index (χ0) is 24.3. The van der Waals surface area contributed by atoms with Gasteiger partial charge in [0.05, 0.1) is 11.2 Å². The maximum absolute atomic E-state index is 12.9. The lowest BCUT2D eigenvalue weighted by Gasteiger charge is -2.32. The summed E-state index contributed by atoms with van der Waals surface area (Å²) in [5.41, 5.74) is 1.68. The molecule has 2 heterocycles. The van der Waals surface area contributed by atoms with Gasteiger partial charge in [-0.15, -0.1) is 0 Å². The second kappa shape index (κ2) is 9.80. The van der Waals surface area contributed by atoms with Crippen LogP contribution in [0, 0.1) is 5.92 Å². The van der Waals surface area contributed by atoms with Crippen molar-refractivity contribution >= 4 is 30.3 Å². The number of hydrogen-bond donors (Lipinski definition) is 1. The number of piperidine rings is 1. The third-order valence-corrected chi connectivity index (χ3v) is 7.01. The van der Waals surface area contributed by atoms with Crippen molar-refractivity contribution in [2.24, 2.45) is 5.92 Å². The number of carbonyl (C=O) groups excluding carboxylic acids is 2. The molecular weight excluding hydrogens is 431 g/mol. The molecule has 2 amide bonds. The molecule has 0 saturated carbocycles. The highest BCUT2D eigenvalue weighted by atomic mass is 16.7. The van der Waals surface area contributed by atoms with E-state index in [4.69, 9.17) is 14.0 Å². The van der Waals surface area contributed by atoms with Crippen molar-refractivity contribution in [3.8, 4) is 0 Å². The summed E-state index contributed by atoms with van der Waals surface area (Å²) in [6.45, 7) is 9.31. The molecule has 0 aliphatic carbocycles. The van der Waals surface area contributed by atoms with Crippen molar-refractivity contribution in [1.29, 1.82) is 0 Å². The van der Waals surface area contributed by atoms with Gasteiger partial charge in [-0.1, -0.05) is 42.5 Å². The molecule has 7 nitrogen and oxygen atoms in total. The average molecular weight is 464 g/mol. The molecule has 0 atom stereocenters. The number of hydrogen-bond acceptors (Lipinski definition) is 5. The summed E-state index contributed by atoms with van der Waals surface area (Å²) in [6, 6.07) is 17.2. The molecule has 0 unspecified atom stereocenters. The number of nitrogens with zero attached hydrogens (tertiary/aromatic N) is 1. The van der Waals surface area contributed by atoms with Crippen LogP contribution in [0.25, 0.3) is 0 Å². The molecule has 180 valence electrons. The number of carbonyl (C=O) groups is 2. The normalized spacial score (nSPS) is 19.6. The molecule has 0 aromatic heterocycles. The quantitative estimate of drug-likeness (QED) is 0.678. The number of nitrogens with one attached hydrogen (secondary N) is 1. The molecule has 0 spiro atoms. The lowest BCUT2D eigenvalue weighted by atomic mass is 9.79. The van der Waals surface area contributed by atoms with E-state index in [2.05, 4.69) is 5.32 Å². The van der Waals surface area contributed by atoms with Crippen molar-refractivity contribution in [2.75, 3.05) is 18.4 Å². The summed E-state index contributed by atoms with van der Waals surface area (Å²) in [5.74, 6) is -0.193. The van der Waals surface area contributed by atoms with Crippen LogP contribution in [0.2, 0.25) is 0 Å². The van der Waals surface area contributed by atoms with E-state index in [-0.39, 0.29) is 24.5 Å². The first-order valence-corrected chi connectivity index (χ1v) is 11.9. The molecule has 2 fully saturated rings. The Morgan fingerprint density at radius 3 is 2.29 bits per heavy atom. The van der Waals surface area contributed by atoms with Crippen LogP contribution in [-0.2, 0) is 25.4 Å². The fraction of sp³-hybridized carbons (Fsp3) is 0.462. The number of ether oxygens (including phenoxy) is 1. The van der Waals surface area contributed by atoms with Crippen LogP contribution in [0.15, 0.2) is 54.6 Å². The van der Waals surface area contributed by atoms with Gasteiger partial charge in [-0.2, -0.15) is 0 Å². The highest BCUT2D eigenvalue weighted by Crippen LogP contribution is 2.36. The van der Waals surface area contributed by atoms with Gasteiger partial charge in [-0.05, 0) is 63.7 Å². The molecule has 1 N–H and O–H groups in total. The van der Waals surface area contributed by atoms with E-state index in [1.54, 1.807) is 4.90 Å². The number of benzene rings is 2. The van der Waals surface area contributed by atoms with Crippen LogP contribution in [0.4, 0.5) is 10.5 Å². The van der Waals surface area contributed by atoms with Gasteiger partial charge in [-0.25, -0.2) is 4.79 Å². The minimum atomic E-state index is -0.480. The zero-order valence-electron chi connectivity index (χ0n) is 20.4. The van der Waals surface area contributed by atoms with E-state index in [9.17, 15) is 9.59 Å². The molecule has 2 aromatic rings. The van der Waals surface area contributed by atoms with Crippen molar-refractivity contribution in [2.45, 2.75) is 58.3 Å². The van der Waals surface area contributed by atoms with Crippen LogP contribution in [0.3, 0.4) is 0 Å². The van der Waals surface area contributed by atoms with Gasteiger partial charge in [-0.3, -0.25) is 4.79 Å². The summed E-state index contributed by atoms with van der Waals surface area (Å²) in [6.07, 6.45) is 0.865. The zero-order valence-corrected chi connectivity index (χ0v) is 20.4. The first-order valence-electron chi connectivity index (χ1n) is 11.9. The molecule has 2 aliphatic heterocycles. The van der Waals surface area contributed by atoms with Gasteiger partial charge in [0, 0.05) is 24.7 Å². The lowest BCUT2D eigenvalue weighted by molar-refractivity contribution is -0.121. The third-order valence-electron chi connectivity index (χ3n) is 7.01. The Morgan fingerprint density at radius 2 is 1.65 bits per heavy atom. The van der Waals surface area contributed by atoms with Crippen molar-refractivity contribution < 1.29 is 23.6 Å². The molecular formula is C26H33BN2O5. The molecule has 2 saturated heterocycles.